The van der Waals surface area contributed by atoms with E-state index in [0.717, 1.165) is 42.3 Å². The summed E-state index contributed by atoms with van der Waals surface area (Å²) >= 11 is 0. The molecule has 0 bridgehead atoms. The van der Waals surface area contributed by atoms with Gasteiger partial charge in [0.15, 0.2) is 5.82 Å². The minimum atomic E-state index is 0.207. The van der Waals surface area contributed by atoms with Crippen molar-refractivity contribution in [2.75, 3.05) is 18.0 Å². The molecule has 5 nitrogen and oxygen atoms in total. The zero-order chi connectivity index (χ0) is 16.4. The number of nitrogens with zero attached hydrogens (tertiary/aromatic N) is 4. The lowest BCUT2D eigenvalue weighted by molar-refractivity contribution is 0.751. The Kier molecular flexibility index (Phi) is 3.92. The van der Waals surface area contributed by atoms with Crippen LogP contribution in [0.25, 0.3) is 22.8 Å². The molecule has 2 N–H and O–H groups in total. The topological polar surface area (TPSA) is 67.9 Å². The van der Waals surface area contributed by atoms with Gasteiger partial charge in [-0.05, 0) is 18.6 Å². The van der Waals surface area contributed by atoms with E-state index in [4.69, 9.17) is 15.7 Å². The van der Waals surface area contributed by atoms with Gasteiger partial charge in [0.05, 0.1) is 11.4 Å². The SMILES string of the molecule is NC1CCN(c2cc(-c3ccccn3)nc(-c3ccccc3)n2)C1. The van der Waals surface area contributed by atoms with Crippen LogP contribution in [0.2, 0.25) is 0 Å². The molecule has 1 aliphatic rings. The first-order valence-electron chi connectivity index (χ1n) is 8.16. The quantitative estimate of drug-likeness (QED) is 0.804. The first-order chi connectivity index (χ1) is 11.8. The first kappa shape index (κ1) is 14.8. The second-order valence-corrected chi connectivity index (χ2v) is 6.01. The van der Waals surface area contributed by atoms with Gasteiger partial charge in [-0.1, -0.05) is 36.4 Å². The number of aromatic nitrogens is 3. The normalized spacial score (nSPS) is 17.2. The lowest BCUT2D eigenvalue weighted by Crippen LogP contribution is -2.27. The van der Waals surface area contributed by atoms with E-state index in [2.05, 4.69) is 9.88 Å². The predicted molar refractivity (Wildman–Crippen MR) is 95.5 cm³/mol. The van der Waals surface area contributed by atoms with E-state index in [9.17, 15) is 0 Å². The average molecular weight is 317 g/mol. The van der Waals surface area contributed by atoms with Crippen LogP contribution in [0.5, 0.6) is 0 Å². The van der Waals surface area contributed by atoms with Crippen molar-refractivity contribution in [1.29, 1.82) is 0 Å². The van der Waals surface area contributed by atoms with Crippen molar-refractivity contribution >= 4 is 5.82 Å². The van der Waals surface area contributed by atoms with Gasteiger partial charge in [0, 0.05) is 37.0 Å². The summed E-state index contributed by atoms with van der Waals surface area (Å²) in [6, 6.07) is 18.1. The van der Waals surface area contributed by atoms with E-state index in [1.165, 1.54) is 0 Å². The Hall–Kier alpha value is -2.79. The number of anilines is 1. The van der Waals surface area contributed by atoms with Gasteiger partial charge in [0.25, 0.3) is 0 Å². The van der Waals surface area contributed by atoms with Gasteiger partial charge in [-0.15, -0.1) is 0 Å². The summed E-state index contributed by atoms with van der Waals surface area (Å²) in [7, 11) is 0. The van der Waals surface area contributed by atoms with Crippen LogP contribution in [-0.4, -0.2) is 34.1 Å². The number of hydrogen-bond donors (Lipinski definition) is 1. The molecule has 4 rings (SSSR count). The molecule has 0 spiro atoms. The molecule has 1 atom stereocenters. The highest BCUT2D eigenvalue weighted by Crippen LogP contribution is 2.26. The van der Waals surface area contributed by atoms with Crippen molar-refractivity contribution in [2.24, 2.45) is 5.73 Å². The zero-order valence-corrected chi connectivity index (χ0v) is 13.3. The van der Waals surface area contributed by atoms with Gasteiger partial charge in [0.2, 0.25) is 0 Å². The third-order valence-corrected chi connectivity index (χ3v) is 4.22. The Labute approximate surface area is 141 Å². The van der Waals surface area contributed by atoms with Crippen molar-refractivity contribution < 1.29 is 0 Å². The molecule has 0 radical (unpaired) electrons. The molecular weight excluding hydrogens is 298 g/mol. The van der Waals surface area contributed by atoms with Crippen LogP contribution >= 0.6 is 0 Å². The van der Waals surface area contributed by atoms with E-state index in [1.54, 1.807) is 6.20 Å². The maximum atomic E-state index is 6.06. The fourth-order valence-corrected chi connectivity index (χ4v) is 2.95. The lowest BCUT2D eigenvalue weighted by atomic mass is 10.2. The molecule has 0 aliphatic carbocycles. The maximum Gasteiger partial charge on any atom is 0.162 e. The fraction of sp³-hybridized carbons (Fsp3) is 0.211. The molecule has 1 fully saturated rings. The first-order valence-corrected chi connectivity index (χ1v) is 8.16. The Morgan fingerprint density at radius 1 is 0.958 bits per heavy atom. The molecule has 1 saturated heterocycles. The molecule has 120 valence electrons. The molecule has 1 aliphatic heterocycles. The van der Waals surface area contributed by atoms with Gasteiger partial charge < -0.3 is 10.6 Å². The van der Waals surface area contributed by atoms with Crippen LogP contribution in [0.3, 0.4) is 0 Å². The van der Waals surface area contributed by atoms with E-state index in [-0.39, 0.29) is 6.04 Å². The van der Waals surface area contributed by atoms with Crippen molar-refractivity contribution in [3.63, 3.8) is 0 Å². The van der Waals surface area contributed by atoms with Gasteiger partial charge >= 0.3 is 0 Å². The zero-order valence-electron chi connectivity index (χ0n) is 13.3. The molecule has 0 saturated carbocycles. The Balaban J connectivity index is 1.82. The third-order valence-electron chi connectivity index (χ3n) is 4.22. The summed E-state index contributed by atoms with van der Waals surface area (Å²) in [5, 5.41) is 0. The van der Waals surface area contributed by atoms with Crippen LogP contribution in [0.1, 0.15) is 6.42 Å². The summed E-state index contributed by atoms with van der Waals surface area (Å²) in [6.07, 6.45) is 2.77. The summed E-state index contributed by atoms with van der Waals surface area (Å²) < 4.78 is 0. The van der Waals surface area contributed by atoms with Crippen molar-refractivity contribution in [2.45, 2.75) is 12.5 Å². The van der Waals surface area contributed by atoms with Crippen molar-refractivity contribution in [1.82, 2.24) is 15.0 Å². The lowest BCUT2D eigenvalue weighted by Gasteiger charge is -2.18. The molecular formula is C19H19N5. The standard InChI is InChI=1S/C19H19N5/c20-15-9-11-24(13-15)18-12-17(16-8-4-5-10-21-16)22-19(23-18)14-6-2-1-3-7-14/h1-8,10,12,15H,9,11,13,20H2. The van der Waals surface area contributed by atoms with E-state index < -0.39 is 0 Å². The van der Waals surface area contributed by atoms with Gasteiger partial charge in [0.1, 0.15) is 5.82 Å². The summed E-state index contributed by atoms with van der Waals surface area (Å²) in [6.45, 7) is 1.75. The summed E-state index contributed by atoms with van der Waals surface area (Å²) in [5.74, 6) is 1.63. The second kappa shape index (κ2) is 6.37. The summed E-state index contributed by atoms with van der Waals surface area (Å²) in [4.78, 5) is 16.2. The molecule has 1 aromatic carbocycles. The molecule has 0 amide bonds. The molecule has 2 aromatic heterocycles. The number of hydrogen-bond acceptors (Lipinski definition) is 5. The molecule has 3 heterocycles. The molecule has 24 heavy (non-hydrogen) atoms. The van der Waals surface area contributed by atoms with Crippen LogP contribution in [0.15, 0.2) is 60.8 Å². The van der Waals surface area contributed by atoms with Crippen LogP contribution < -0.4 is 10.6 Å². The van der Waals surface area contributed by atoms with E-state index in [0.29, 0.717) is 5.82 Å². The van der Waals surface area contributed by atoms with Crippen molar-refractivity contribution in [3.05, 3.63) is 60.8 Å². The molecule has 3 aromatic rings. The highest BCUT2D eigenvalue weighted by atomic mass is 15.2. The molecule has 1 unspecified atom stereocenters. The number of pyridine rings is 1. The highest BCUT2D eigenvalue weighted by molar-refractivity contribution is 5.66. The minimum Gasteiger partial charge on any atom is -0.355 e. The van der Waals surface area contributed by atoms with E-state index >= 15 is 0 Å². The Bertz CT molecular complexity index is 762. The van der Waals surface area contributed by atoms with Crippen LogP contribution in [-0.2, 0) is 0 Å². The van der Waals surface area contributed by atoms with Gasteiger partial charge in [-0.3, -0.25) is 4.98 Å². The van der Waals surface area contributed by atoms with E-state index in [1.807, 2.05) is 54.6 Å². The van der Waals surface area contributed by atoms with Crippen molar-refractivity contribution in [3.8, 4) is 22.8 Å². The number of rotatable bonds is 3. The maximum absolute atomic E-state index is 6.06. The third kappa shape index (κ3) is 2.98. The Morgan fingerprint density at radius 2 is 1.79 bits per heavy atom. The minimum absolute atomic E-state index is 0.207. The highest BCUT2D eigenvalue weighted by Gasteiger charge is 2.22. The largest absolute Gasteiger partial charge is 0.355 e. The second-order valence-electron chi connectivity index (χ2n) is 6.01. The number of nitrogens with two attached hydrogens (primary N) is 1. The van der Waals surface area contributed by atoms with Crippen LogP contribution in [0.4, 0.5) is 5.82 Å². The average Bonchev–Trinajstić information content (AvgIpc) is 3.09. The van der Waals surface area contributed by atoms with Gasteiger partial charge in [-0.2, -0.15) is 0 Å². The summed E-state index contributed by atoms with van der Waals surface area (Å²) in [5.41, 5.74) is 8.75. The number of benzene rings is 1. The van der Waals surface area contributed by atoms with Gasteiger partial charge in [-0.25, -0.2) is 9.97 Å². The molecule has 5 heteroatoms. The Morgan fingerprint density at radius 3 is 2.50 bits per heavy atom. The fourth-order valence-electron chi connectivity index (χ4n) is 2.95. The monoisotopic (exact) mass is 317 g/mol. The van der Waals surface area contributed by atoms with Crippen LogP contribution in [0, 0.1) is 0 Å². The smallest absolute Gasteiger partial charge is 0.162 e. The predicted octanol–water partition coefficient (Wildman–Crippen LogP) is 2.74.